The molecule has 1 rings (SSSR count). The van der Waals surface area contributed by atoms with Crippen LogP contribution in [0.4, 0.5) is 11.4 Å². The summed E-state index contributed by atoms with van der Waals surface area (Å²) in [5.74, 6) is -0.467. The molecule has 0 heterocycles. The van der Waals surface area contributed by atoms with Crippen molar-refractivity contribution in [1.82, 2.24) is 0 Å². The van der Waals surface area contributed by atoms with Gasteiger partial charge in [-0.2, -0.15) is 0 Å². The molecule has 5 nitrogen and oxygen atoms in total. The van der Waals surface area contributed by atoms with E-state index in [2.05, 4.69) is 4.74 Å². The van der Waals surface area contributed by atoms with Gasteiger partial charge in [-0.3, -0.25) is 0 Å². The standard InChI is InChI=1S/C13H20N2O3/c1-13(2,17)8-15(3)9-5-6-11(14)10(7-9)12(16)18-4/h5-7,17H,8,14H2,1-4H3. The largest absolute Gasteiger partial charge is 0.465 e. The molecule has 0 aromatic heterocycles. The number of benzene rings is 1. The van der Waals surface area contributed by atoms with Gasteiger partial charge < -0.3 is 20.5 Å². The molecule has 0 saturated heterocycles. The summed E-state index contributed by atoms with van der Waals surface area (Å²) < 4.78 is 4.67. The molecule has 1 aromatic rings. The van der Waals surface area contributed by atoms with Crippen LogP contribution in [0.1, 0.15) is 24.2 Å². The second kappa shape index (κ2) is 5.27. The van der Waals surface area contributed by atoms with Gasteiger partial charge in [-0.05, 0) is 32.0 Å². The Hall–Kier alpha value is -1.75. The van der Waals surface area contributed by atoms with Gasteiger partial charge in [0.2, 0.25) is 0 Å². The van der Waals surface area contributed by atoms with Gasteiger partial charge in [0, 0.05) is 25.0 Å². The first-order valence-corrected chi connectivity index (χ1v) is 5.66. The molecule has 0 aliphatic rings. The molecule has 0 aliphatic heterocycles. The summed E-state index contributed by atoms with van der Waals surface area (Å²) in [4.78, 5) is 13.4. The molecule has 5 heteroatoms. The third kappa shape index (κ3) is 3.63. The Morgan fingerprint density at radius 2 is 2.11 bits per heavy atom. The van der Waals surface area contributed by atoms with E-state index in [0.717, 1.165) is 5.69 Å². The lowest BCUT2D eigenvalue weighted by Crippen LogP contribution is -2.36. The van der Waals surface area contributed by atoms with E-state index in [-0.39, 0.29) is 0 Å². The maximum absolute atomic E-state index is 11.5. The molecule has 0 saturated carbocycles. The van der Waals surface area contributed by atoms with E-state index in [1.807, 2.05) is 11.9 Å². The minimum absolute atomic E-state index is 0.331. The van der Waals surface area contributed by atoms with Crippen LogP contribution >= 0.6 is 0 Å². The van der Waals surface area contributed by atoms with Crippen LogP contribution in [0.2, 0.25) is 0 Å². The smallest absolute Gasteiger partial charge is 0.340 e. The van der Waals surface area contributed by atoms with E-state index in [4.69, 9.17) is 5.73 Å². The first kappa shape index (κ1) is 14.3. The van der Waals surface area contributed by atoms with Gasteiger partial charge in [-0.25, -0.2) is 4.79 Å². The van der Waals surface area contributed by atoms with Gasteiger partial charge >= 0.3 is 5.97 Å². The summed E-state index contributed by atoms with van der Waals surface area (Å²) in [6, 6.07) is 5.11. The van der Waals surface area contributed by atoms with Crippen LogP contribution < -0.4 is 10.6 Å². The highest BCUT2D eigenvalue weighted by atomic mass is 16.5. The van der Waals surface area contributed by atoms with Crippen molar-refractivity contribution in [2.45, 2.75) is 19.4 Å². The van der Waals surface area contributed by atoms with Crippen LogP contribution in [0.15, 0.2) is 18.2 Å². The minimum Gasteiger partial charge on any atom is -0.465 e. The maximum atomic E-state index is 11.5. The third-order valence-electron chi connectivity index (χ3n) is 2.51. The molecule has 1 aromatic carbocycles. The van der Waals surface area contributed by atoms with E-state index >= 15 is 0 Å². The molecule has 0 aliphatic carbocycles. The van der Waals surface area contributed by atoms with Crippen molar-refractivity contribution < 1.29 is 14.6 Å². The number of carbonyl (C=O) groups is 1. The number of hydrogen-bond donors (Lipinski definition) is 2. The second-order valence-corrected chi connectivity index (χ2v) is 4.93. The van der Waals surface area contributed by atoms with E-state index in [1.165, 1.54) is 7.11 Å². The average Bonchev–Trinajstić information content (AvgIpc) is 2.26. The molecule has 18 heavy (non-hydrogen) atoms. The zero-order valence-electron chi connectivity index (χ0n) is 11.2. The lowest BCUT2D eigenvalue weighted by Gasteiger charge is -2.27. The Morgan fingerprint density at radius 3 is 2.61 bits per heavy atom. The lowest BCUT2D eigenvalue weighted by atomic mass is 10.1. The molecule has 0 bridgehead atoms. The first-order valence-electron chi connectivity index (χ1n) is 5.66. The first-order chi connectivity index (χ1) is 8.24. The Labute approximate surface area is 107 Å². The van der Waals surface area contributed by atoms with Crippen LogP contribution in [-0.2, 0) is 4.74 Å². The predicted octanol–water partition coefficient (Wildman–Crippen LogP) is 1.26. The molecule has 100 valence electrons. The van der Waals surface area contributed by atoms with Crippen LogP contribution in [0.25, 0.3) is 0 Å². The van der Waals surface area contributed by atoms with Gasteiger partial charge in [-0.15, -0.1) is 0 Å². The maximum Gasteiger partial charge on any atom is 0.340 e. The normalized spacial score (nSPS) is 11.2. The van der Waals surface area contributed by atoms with Crippen LogP contribution in [0.5, 0.6) is 0 Å². The number of hydrogen-bond acceptors (Lipinski definition) is 5. The zero-order valence-corrected chi connectivity index (χ0v) is 11.2. The summed E-state index contributed by atoms with van der Waals surface area (Å²) in [7, 11) is 3.15. The van der Waals surface area contributed by atoms with Crippen molar-refractivity contribution in [1.29, 1.82) is 0 Å². The van der Waals surface area contributed by atoms with E-state index < -0.39 is 11.6 Å². The zero-order chi connectivity index (χ0) is 13.9. The number of nitrogens with two attached hydrogens (primary N) is 1. The molecule has 0 atom stereocenters. The summed E-state index contributed by atoms with van der Waals surface area (Å²) in [6.45, 7) is 3.89. The summed E-state index contributed by atoms with van der Waals surface area (Å²) in [5, 5.41) is 9.77. The molecule has 3 N–H and O–H groups in total. The number of methoxy groups -OCH3 is 1. The Morgan fingerprint density at radius 1 is 1.50 bits per heavy atom. The monoisotopic (exact) mass is 252 g/mol. The third-order valence-corrected chi connectivity index (χ3v) is 2.51. The predicted molar refractivity (Wildman–Crippen MR) is 71.8 cm³/mol. The minimum atomic E-state index is -0.818. The molecule has 0 radical (unpaired) electrons. The number of anilines is 2. The van der Waals surface area contributed by atoms with Crippen molar-refractivity contribution >= 4 is 17.3 Å². The fraction of sp³-hybridized carbons (Fsp3) is 0.462. The van der Waals surface area contributed by atoms with E-state index in [9.17, 15) is 9.90 Å². The van der Waals surface area contributed by atoms with Crippen LogP contribution in [-0.4, -0.2) is 37.4 Å². The van der Waals surface area contributed by atoms with Crippen molar-refractivity contribution in [2.75, 3.05) is 31.3 Å². The highest BCUT2D eigenvalue weighted by Gasteiger charge is 2.18. The molecule has 0 spiro atoms. The van der Waals surface area contributed by atoms with Gasteiger partial charge in [0.05, 0.1) is 18.3 Å². The Kier molecular flexibility index (Phi) is 4.19. The number of aliphatic hydroxyl groups is 1. The highest BCUT2D eigenvalue weighted by Crippen LogP contribution is 2.22. The summed E-state index contributed by atoms with van der Waals surface area (Å²) >= 11 is 0. The quantitative estimate of drug-likeness (QED) is 0.623. The lowest BCUT2D eigenvalue weighted by molar-refractivity contribution is 0.0602. The highest BCUT2D eigenvalue weighted by molar-refractivity contribution is 5.96. The molecule has 0 unspecified atom stereocenters. The number of nitrogen functional groups attached to an aromatic ring is 1. The number of ether oxygens (including phenoxy) is 1. The van der Waals surface area contributed by atoms with Gasteiger partial charge in [0.15, 0.2) is 0 Å². The number of esters is 1. The van der Waals surface area contributed by atoms with E-state index in [0.29, 0.717) is 17.8 Å². The Bertz CT molecular complexity index is 438. The molecule has 0 fully saturated rings. The number of rotatable bonds is 4. The molecular weight excluding hydrogens is 232 g/mol. The van der Waals surface area contributed by atoms with Crippen molar-refractivity contribution in [3.05, 3.63) is 23.8 Å². The average molecular weight is 252 g/mol. The van der Waals surface area contributed by atoms with Crippen LogP contribution in [0, 0.1) is 0 Å². The number of likely N-dealkylation sites (N-methyl/N-ethyl adjacent to an activating group) is 1. The SMILES string of the molecule is COC(=O)c1cc(N(C)CC(C)(C)O)ccc1N. The van der Waals surface area contributed by atoms with Crippen molar-refractivity contribution in [3.8, 4) is 0 Å². The summed E-state index contributed by atoms with van der Waals surface area (Å²) in [5.41, 5.74) is 6.41. The number of nitrogens with zero attached hydrogens (tertiary/aromatic N) is 1. The van der Waals surface area contributed by atoms with Gasteiger partial charge in [0.1, 0.15) is 0 Å². The molecule has 0 amide bonds. The van der Waals surface area contributed by atoms with Crippen molar-refractivity contribution in [3.63, 3.8) is 0 Å². The fourth-order valence-electron chi connectivity index (χ4n) is 1.74. The second-order valence-electron chi connectivity index (χ2n) is 4.93. The van der Waals surface area contributed by atoms with Gasteiger partial charge in [0.25, 0.3) is 0 Å². The fourth-order valence-corrected chi connectivity index (χ4v) is 1.74. The van der Waals surface area contributed by atoms with Gasteiger partial charge in [-0.1, -0.05) is 0 Å². The topological polar surface area (TPSA) is 75.8 Å². The van der Waals surface area contributed by atoms with Crippen molar-refractivity contribution in [2.24, 2.45) is 0 Å². The summed E-state index contributed by atoms with van der Waals surface area (Å²) in [6.07, 6.45) is 0. The number of carbonyl (C=O) groups excluding carboxylic acids is 1. The molecular formula is C13H20N2O3. The Balaban J connectivity index is 3.01. The van der Waals surface area contributed by atoms with Crippen LogP contribution in [0.3, 0.4) is 0 Å². The van der Waals surface area contributed by atoms with E-state index in [1.54, 1.807) is 32.0 Å².